The van der Waals surface area contributed by atoms with Crippen LogP contribution < -0.4 is 0 Å². The Hall–Kier alpha value is -0.800. The lowest BCUT2D eigenvalue weighted by molar-refractivity contribution is -0.162. The Morgan fingerprint density at radius 1 is 1.31 bits per heavy atom. The molecule has 0 aliphatic carbocycles. The van der Waals surface area contributed by atoms with Gasteiger partial charge in [0.15, 0.2) is 5.92 Å². The van der Waals surface area contributed by atoms with Crippen molar-refractivity contribution in [2.75, 3.05) is 26.7 Å². The van der Waals surface area contributed by atoms with E-state index >= 15 is 0 Å². The van der Waals surface area contributed by atoms with Crippen molar-refractivity contribution in [3.63, 3.8) is 0 Å². The number of rotatable bonds is 7. The summed E-state index contributed by atoms with van der Waals surface area (Å²) in [5, 5.41) is 16.9. The SMILES string of the molecule is CN(CCCCCO)CC(C#N)C(F)(F)F. The van der Waals surface area contributed by atoms with Gasteiger partial charge in [0.25, 0.3) is 0 Å². The monoisotopic (exact) mass is 238 g/mol. The van der Waals surface area contributed by atoms with Crippen LogP contribution in [0.25, 0.3) is 0 Å². The summed E-state index contributed by atoms with van der Waals surface area (Å²) in [6.45, 7) is 0.320. The van der Waals surface area contributed by atoms with E-state index < -0.39 is 12.1 Å². The van der Waals surface area contributed by atoms with E-state index in [0.29, 0.717) is 13.0 Å². The van der Waals surface area contributed by atoms with Crippen LogP contribution in [0.3, 0.4) is 0 Å². The molecule has 0 aliphatic heterocycles. The van der Waals surface area contributed by atoms with Crippen LogP contribution in [-0.4, -0.2) is 42.9 Å². The molecule has 0 aliphatic rings. The maximum Gasteiger partial charge on any atom is 0.405 e. The van der Waals surface area contributed by atoms with Gasteiger partial charge in [0.2, 0.25) is 0 Å². The van der Waals surface area contributed by atoms with Crippen LogP contribution in [0.15, 0.2) is 0 Å². The minimum Gasteiger partial charge on any atom is -0.396 e. The van der Waals surface area contributed by atoms with Gasteiger partial charge in [0.1, 0.15) is 0 Å². The number of hydrogen-bond donors (Lipinski definition) is 1. The molecule has 0 aromatic heterocycles. The zero-order valence-corrected chi connectivity index (χ0v) is 9.30. The molecule has 1 unspecified atom stereocenters. The topological polar surface area (TPSA) is 47.3 Å². The van der Waals surface area contributed by atoms with E-state index in [1.54, 1.807) is 7.05 Å². The van der Waals surface area contributed by atoms with E-state index in [1.807, 2.05) is 0 Å². The Morgan fingerprint density at radius 2 is 1.94 bits per heavy atom. The van der Waals surface area contributed by atoms with Gasteiger partial charge in [0, 0.05) is 13.2 Å². The van der Waals surface area contributed by atoms with Crippen molar-refractivity contribution in [3.05, 3.63) is 0 Å². The predicted octanol–water partition coefficient (Wildman–Crippen LogP) is 1.78. The summed E-state index contributed by atoms with van der Waals surface area (Å²) in [6.07, 6.45) is -2.28. The molecule has 16 heavy (non-hydrogen) atoms. The number of nitrogens with zero attached hydrogens (tertiary/aromatic N) is 2. The van der Waals surface area contributed by atoms with Gasteiger partial charge in [0.05, 0.1) is 6.07 Å². The Balaban J connectivity index is 3.85. The molecular weight excluding hydrogens is 221 g/mol. The van der Waals surface area contributed by atoms with E-state index in [-0.39, 0.29) is 13.2 Å². The van der Waals surface area contributed by atoms with Crippen molar-refractivity contribution in [3.8, 4) is 6.07 Å². The third-order valence-corrected chi connectivity index (χ3v) is 2.24. The lowest BCUT2D eigenvalue weighted by Crippen LogP contribution is -2.34. The molecular formula is C10H17F3N2O. The summed E-state index contributed by atoms with van der Waals surface area (Å²) in [5.74, 6) is -1.92. The van der Waals surface area contributed by atoms with Crippen LogP contribution in [0.5, 0.6) is 0 Å². The summed E-state index contributed by atoms with van der Waals surface area (Å²) in [6, 6.07) is 1.27. The number of halogens is 3. The molecule has 0 heterocycles. The fourth-order valence-electron chi connectivity index (χ4n) is 1.29. The van der Waals surface area contributed by atoms with Crippen molar-refractivity contribution < 1.29 is 18.3 Å². The Bertz CT molecular complexity index is 225. The van der Waals surface area contributed by atoms with Gasteiger partial charge in [-0.05, 0) is 32.9 Å². The highest BCUT2D eigenvalue weighted by Gasteiger charge is 2.40. The highest BCUT2D eigenvalue weighted by atomic mass is 19.4. The smallest absolute Gasteiger partial charge is 0.396 e. The second-order valence-corrected chi connectivity index (χ2v) is 3.77. The second kappa shape index (κ2) is 7.47. The first-order valence-corrected chi connectivity index (χ1v) is 5.17. The molecule has 0 bridgehead atoms. The first-order chi connectivity index (χ1) is 7.41. The van der Waals surface area contributed by atoms with Gasteiger partial charge >= 0.3 is 6.18 Å². The molecule has 0 saturated heterocycles. The van der Waals surface area contributed by atoms with Crippen LogP contribution in [0.1, 0.15) is 19.3 Å². The minimum absolute atomic E-state index is 0.104. The lowest BCUT2D eigenvalue weighted by Gasteiger charge is -2.21. The largest absolute Gasteiger partial charge is 0.405 e. The molecule has 0 aromatic rings. The van der Waals surface area contributed by atoms with E-state index in [4.69, 9.17) is 10.4 Å². The summed E-state index contributed by atoms with van der Waals surface area (Å²) >= 11 is 0. The Morgan fingerprint density at radius 3 is 2.38 bits per heavy atom. The first-order valence-electron chi connectivity index (χ1n) is 5.17. The maximum absolute atomic E-state index is 12.2. The van der Waals surface area contributed by atoms with Crippen molar-refractivity contribution in [2.45, 2.75) is 25.4 Å². The minimum atomic E-state index is -4.45. The molecule has 0 saturated carbocycles. The zero-order valence-electron chi connectivity index (χ0n) is 9.30. The molecule has 6 heteroatoms. The highest BCUT2D eigenvalue weighted by Crippen LogP contribution is 2.26. The number of alkyl halides is 3. The molecule has 1 N–H and O–H groups in total. The summed E-state index contributed by atoms with van der Waals surface area (Å²) in [7, 11) is 1.56. The molecule has 0 aromatic carbocycles. The Labute approximate surface area is 93.5 Å². The standard InChI is InChI=1S/C10H17F3N2O/c1-15(5-3-2-4-6-16)8-9(7-14)10(11,12)13/h9,16H,2-6,8H2,1H3. The molecule has 0 spiro atoms. The second-order valence-electron chi connectivity index (χ2n) is 3.77. The molecule has 0 radical (unpaired) electrons. The normalized spacial score (nSPS) is 13.8. The molecule has 1 atom stereocenters. The summed E-state index contributed by atoms with van der Waals surface area (Å²) < 4.78 is 36.7. The quantitative estimate of drug-likeness (QED) is 0.688. The van der Waals surface area contributed by atoms with Crippen LogP contribution in [0, 0.1) is 17.2 Å². The molecule has 0 rings (SSSR count). The number of hydrogen-bond acceptors (Lipinski definition) is 3. The van der Waals surface area contributed by atoms with Crippen molar-refractivity contribution >= 4 is 0 Å². The van der Waals surface area contributed by atoms with Gasteiger partial charge < -0.3 is 10.0 Å². The van der Waals surface area contributed by atoms with Crippen LogP contribution in [0.4, 0.5) is 13.2 Å². The highest BCUT2D eigenvalue weighted by molar-refractivity contribution is 4.90. The number of aliphatic hydroxyl groups is 1. The first kappa shape index (κ1) is 15.2. The van der Waals surface area contributed by atoms with Crippen molar-refractivity contribution in [1.29, 1.82) is 5.26 Å². The van der Waals surface area contributed by atoms with E-state index in [1.165, 1.54) is 11.0 Å². The average Bonchev–Trinajstić information content (AvgIpc) is 2.19. The fourth-order valence-corrected chi connectivity index (χ4v) is 1.29. The fraction of sp³-hybridized carbons (Fsp3) is 0.900. The number of nitriles is 1. The summed E-state index contributed by atoms with van der Waals surface area (Å²) in [4.78, 5) is 1.50. The van der Waals surface area contributed by atoms with Crippen molar-refractivity contribution in [2.24, 2.45) is 5.92 Å². The zero-order chi connectivity index (χ0) is 12.6. The van der Waals surface area contributed by atoms with E-state index in [0.717, 1.165) is 12.8 Å². The van der Waals surface area contributed by atoms with Crippen molar-refractivity contribution in [1.82, 2.24) is 4.90 Å². The molecule has 0 amide bonds. The lowest BCUT2D eigenvalue weighted by atomic mass is 10.1. The third-order valence-electron chi connectivity index (χ3n) is 2.24. The maximum atomic E-state index is 12.2. The van der Waals surface area contributed by atoms with Gasteiger partial charge in [-0.1, -0.05) is 0 Å². The van der Waals surface area contributed by atoms with E-state index in [2.05, 4.69) is 0 Å². The summed E-state index contributed by atoms with van der Waals surface area (Å²) in [5.41, 5.74) is 0. The van der Waals surface area contributed by atoms with Crippen LogP contribution in [-0.2, 0) is 0 Å². The van der Waals surface area contributed by atoms with Gasteiger partial charge in [-0.15, -0.1) is 0 Å². The molecule has 3 nitrogen and oxygen atoms in total. The van der Waals surface area contributed by atoms with E-state index in [9.17, 15) is 13.2 Å². The average molecular weight is 238 g/mol. The van der Waals surface area contributed by atoms with Crippen LogP contribution in [0.2, 0.25) is 0 Å². The number of unbranched alkanes of at least 4 members (excludes halogenated alkanes) is 2. The Kier molecular flexibility index (Phi) is 7.10. The van der Waals surface area contributed by atoms with Gasteiger partial charge in [-0.3, -0.25) is 0 Å². The number of aliphatic hydroxyl groups excluding tert-OH is 1. The third kappa shape index (κ3) is 6.64. The molecule has 94 valence electrons. The van der Waals surface area contributed by atoms with Gasteiger partial charge in [-0.2, -0.15) is 18.4 Å². The van der Waals surface area contributed by atoms with Crippen LogP contribution >= 0.6 is 0 Å². The predicted molar refractivity (Wildman–Crippen MR) is 53.6 cm³/mol. The molecule has 0 fully saturated rings. The van der Waals surface area contributed by atoms with Gasteiger partial charge in [-0.25, -0.2) is 0 Å².